The highest BCUT2D eigenvalue weighted by Gasteiger charge is 2.14. The highest BCUT2D eigenvalue weighted by Crippen LogP contribution is 2.11. The van der Waals surface area contributed by atoms with E-state index in [0.29, 0.717) is 6.10 Å². The lowest BCUT2D eigenvalue weighted by Gasteiger charge is -2.17. The summed E-state index contributed by atoms with van der Waals surface area (Å²) in [5.74, 6) is 0.903. The molecule has 1 heterocycles. The summed E-state index contributed by atoms with van der Waals surface area (Å²) < 4.78 is 11.2. The van der Waals surface area contributed by atoms with Gasteiger partial charge >= 0.3 is 0 Å². The van der Waals surface area contributed by atoms with Crippen LogP contribution in [0.4, 0.5) is 0 Å². The van der Waals surface area contributed by atoms with Gasteiger partial charge in [0, 0.05) is 39.4 Å². The van der Waals surface area contributed by atoms with Crippen LogP contribution in [0, 0.1) is 0 Å². The second-order valence-electron chi connectivity index (χ2n) is 6.41. The van der Waals surface area contributed by atoms with Crippen LogP contribution in [0.2, 0.25) is 0 Å². The summed E-state index contributed by atoms with van der Waals surface area (Å²) >= 11 is 0. The van der Waals surface area contributed by atoms with Crippen LogP contribution in [-0.2, 0) is 9.47 Å². The van der Waals surface area contributed by atoms with E-state index in [0.717, 1.165) is 71.3 Å². The van der Waals surface area contributed by atoms with E-state index in [-0.39, 0.29) is 24.0 Å². The van der Waals surface area contributed by atoms with Crippen molar-refractivity contribution < 1.29 is 9.47 Å². The first-order valence-electron chi connectivity index (χ1n) is 9.66. The van der Waals surface area contributed by atoms with Crippen molar-refractivity contribution in [2.75, 3.05) is 59.6 Å². The zero-order valence-corrected chi connectivity index (χ0v) is 18.7. The summed E-state index contributed by atoms with van der Waals surface area (Å²) in [7, 11) is 2.17. The molecule has 6 nitrogen and oxygen atoms in total. The zero-order valence-electron chi connectivity index (χ0n) is 16.4. The topological polar surface area (TPSA) is 58.1 Å². The van der Waals surface area contributed by atoms with Gasteiger partial charge in [-0.25, -0.2) is 0 Å². The fraction of sp³-hybridized carbons (Fsp3) is 0.944. The van der Waals surface area contributed by atoms with Crippen molar-refractivity contribution in [3.63, 3.8) is 0 Å². The molecule has 1 atom stereocenters. The SMILES string of the molecule is CCCCN(C)CCNC(=NCCCOCC1CCCO1)NCC.I. The van der Waals surface area contributed by atoms with Crippen molar-refractivity contribution in [2.45, 2.75) is 52.1 Å². The third kappa shape index (κ3) is 13.7. The van der Waals surface area contributed by atoms with Crippen molar-refractivity contribution in [3.8, 4) is 0 Å². The Hall–Kier alpha value is -0.120. The van der Waals surface area contributed by atoms with E-state index in [2.05, 4.69) is 41.4 Å². The van der Waals surface area contributed by atoms with Crippen molar-refractivity contribution in [2.24, 2.45) is 4.99 Å². The highest BCUT2D eigenvalue weighted by molar-refractivity contribution is 14.0. The summed E-state index contributed by atoms with van der Waals surface area (Å²) in [6, 6.07) is 0. The van der Waals surface area contributed by atoms with Gasteiger partial charge < -0.3 is 25.0 Å². The van der Waals surface area contributed by atoms with E-state index in [1.54, 1.807) is 0 Å². The predicted molar refractivity (Wildman–Crippen MR) is 116 cm³/mol. The number of hydrogen-bond donors (Lipinski definition) is 2. The fourth-order valence-electron chi connectivity index (χ4n) is 2.59. The lowest BCUT2D eigenvalue weighted by atomic mass is 10.2. The smallest absolute Gasteiger partial charge is 0.191 e. The molecule has 1 rings (SSSR count). The molecule has 2 N–H and O–H groups in total. The lowest BCUT2D eigenvalue weighted by molar-refractivity contribution is 0.0171. The average Bonchev–Trinajstić information content (AvgIpc) is 3.09. The number of nitrogens with zero attached hydrogens (tertiary/aromatic N) is 2. The zero-order chi connectivity index (χ0) is 17.5. The average molecular weight is 470 g/mol. The van der Waals surface area contributed by atoms with E-state index >= 15 is 0 Å². The maximum Gasteiger partial charge on any atom is 0.191 e. The third-order valence-corrected chi connectivity index (χ3v) is 4.07. The number of guanidine groups is 1. The number of rotatable bonds is 13. The Morgan fingerprint density at radius 1 is 1.24 bits per heavy atom. The van der Waals surface area contributed by atoms with E-state index < -0.39 is 0 Å². The minimum absolute atomic E-state index is 0. The van der Waals surface area contributed by atoms with Gasteiger partial charge in [0.2, 0.25) is 0 Å². The minimum Gasteiger partial charge on any atom is -0.379 e. The summed E-state index contributed by atoms with van der Waals surface area (Å²) in [4.78, 5) is 6.97. The molecule has 7 heteroatoms. The van der Waals surface area contributed by atoms with Gasteiger partial charge in [0.1, 0.15) is 0 Å². The van der Waals surface area contributed by atoms with Crippen LogP contribution in [0.25, 0.3) is 0 Å². The van der Waals surface area contributed by atoms with Gasteiger partial charge in [-0.05, 0) is 46.2 Å². The largest absolute Gasteiger partial charge is 0.379 e. The quantitative estimate of drug-likeness (QED) is 0.188. The monoisotopic (exact) mass is 470 g/mol. The van der Waals surface area contributed by atoms with Crippen LogP contribution < -0.4 is 10.6 Å². The molecule has 0 radical (unpaired) electrons. The second-order valence-corrected chi connectivity index (χ2v) is 6.41. The van der Waals surface area contributed by atoms with Gasteiger partial charge in [-0.1, -0.05) is 13.3 Å². The van der Waals surface area contributed by atoms with Gasteiger partial charge in [-0.15, -0.1) is 24.0 Å². The third-order valence-electron chi connectivity index (χ3n) is 4.07. The molecule has 1 aliphatic heterocycles. The number of halogens is 1. The number of ether oxygens (including phenoxy) is 2. The lowest BCUT2D eigenvalue weighted by Crippen LogP contribution is -2.41. The van der Waals surface area contributed by atoms with Crippen molar-refractivity contribution in [1.29, 1.82) is 0 Å². The Morgan fingerprint density at radius 2 is 2.08 bits per heavy atom. The molecule has 150 valence electrons. The van der Waals surface area contributed by atoms with Crippen molar-refractivity contribution in [1.82, 2.24) is 15.5 Å². The molecule has 25 heavy (non-hydrogen) atoms. The highest BCUT2D eigenvalue weighted by atomic mass is 127. The maximum absolute atomic E-state index is 5.67. The van der Waals surface area contributed by atoms with Gasteiger partial charge in [0.15, 0.2) is 5.96 Å². The molecule has 0 aromatic heterocycles. The predicted octanol–water partition coefficient (Wildman–Crippen LogP) is 2.48. The minimum atomic E-state index is 0. The molecule has 1 unspecified atom stereocenters. The molecule has 0 amide bonds. The first-order valence-corrected chi connectivity index (χ1v) is 9.66. The Kier molecular flexibility index (Phi) is 17.2. The Morgan fingerprint density at radius 3 is 2.76 bits per heavy atom. The Bertz CT molecular complexity index is 326. The van der Waals surface area contributed by atoms with Gasteiger partial charge in [0.05, 0.1) is 12.7 Å². The fourth-order valence-corrected chi connectivity index (χ4v) is 2.59. The molecule has 1 aliphatic rings. The van der Waals surface area contributed by atoms with E-state index in [9.17, 15) is 0 Å². The van der Waals surface area contributed by atoms with E-state index in [1.807, 2.05) is 0 Å². The van der Waals surface area contributed by atoms with Crippen LogP contribution in [0.5, 0.6) is 0 Å². The van der Waals surface area contributed by atoms with Crippen LogP contribution in [0.1, 0.15) is 46.0 Å². The maximum atomic E-state index is 5.67. The Labute approximate surface area is 171 Å². The number of aliphatic imine (C=N–C) groups is 1. The van der Waals surface area contributed by atoms with Crippen LogP contribution >= 0.6 is 24.0 Å². The normalized spacial score (nSPS) is 17.6. The van der Waals surface area contributed by atoms with Crippen molar-refractivity contribution in [3.05, 3.63) is 0 Å². The summed E-state index contributed by atoms with van der Waals surface area (Å²) in [5.41, 5.74) is 0. The van der Waals surface area contributed by atoms with Crippen LogP contribution in [-0.4, -0.2) is 76.6 Å². The number of unbranched alkanes of at least 4 members (excludes halogenated alkanes) is 1. The molecule has 1 fully saturated rings. The molecule has 0 aliphatic carbocycles. The summed E-state index contributed by atoms with van der Waals surface area (Å²) in [6.45, 7) is 11.5. The first kappa shape index (κ1) is 24.9. The number of hydrogen-bond acceptors (Lipinski definition) is 4. The van der Waals surface area contributed by atoms with E-state index in [4.69, 9.17) is 9.47 Å². The molecule has 0 bridgehead atoms. The number of likely N-dealkylation sites (N-methyl/N-ethyl adjacent to an activating group) is 1. The molecule has 0 saturated carbocycles. The molecule has 0 aromatic rings. The first-order chi connectivity index (χ1) is 11.8. The van der Waals surface area contributed by atoms with Crippen LogP contribution in [0.3, 0.4) is 0 Å². The van der Waals surface area contributed by atoms with Crippen molar-refractivity contribution >= 4 is 29.9 Å². The molecule has 1 saturated heterocycles. The molecular formula is C18H39IN4O2. The van der Waals surface area contributed by atoms with Gasteiger partial charge in [-0.2, -0.15) is 0 Å². The van der Waals surface area contributed by atoms with Crippen LogP contribution in [0.15, 0.2) is 4.99 Å². The molecule has 0 spiro atoms. The summed E-state index contributed by atoms with van der Waals surface area (Å²) in [5, 5.41) is 6.69. The Balaban J connectivity index is 0.00000576. The van der Waals surface area contributed by atoms with Gasteiger partial charge in [0.25, 0.3) is 0 Å². The second kappa shape index (κ2) is 17.3. The molecular weight excluding hydrogens is 431 g/mol. The molecule has 0 aromatic carbocycles. The number of nitrogens with one attached hydrogen (secondary N) is 2. The van der Waals surface area contributed by atoms with E-state index in [1.165, 1.54) is 19.3 Å². The standard InChI is InChI=1S/C18H38N4O2.HI/c1-4-6-12-22(3)13-11-21-18(19-5-2)20-10-8-14-23-16-17-9-7-15-24-17;/h17H,4-16H2,1-3H3,(H2,19,20,21);1H. The summed E-state index contributed by atoms with van der Waals surface area (Å²) in [6.07, 6.45) is 6.08. The van der Waals surface area contributed by atoms with Gasteiger partial charge in [-0.3, -0.25) is 4.99 Å².